The number of anilines is 2. The highest BCUT2D eigenvalue weighted by atomic mass is 35.5. The van der Waals surface area contributed by atoms with Crippen molar-refractivity contribution in [2.45, 2.75) is 0 Å². The Kier molecular flexibility index (Phi) is 6.25. The van der Waals surface area contributed by atoms with Crippen molar-refractivity contribution < 1.29 is 14.6 Å². The lowest BCUT2D eigenvalue weighted by atomic mass is 10.2. The summed E-state index contributed by atoms with van der Waals surface area (Å²) in [4.78, 5) is 16.2. The van der Waals surface area contributed by atoms with Gasteiger partial charge in [-0.3, -0.25) is 9.89 Å². The van der Waals surface area contributed by atoms with Crippen LogP contribution < -0.4 is 15.8 Å². The fraction of sp³-hybridized carbons (Fsp3) is 0.105. The lowest BCUT2D eigenvalue weighted by molar-refractivity contribution is 0.100. The van der Waals surface area contributed by atoms with Crippen molar-refractivity contribution in [1.82, 2.24) is 10.2 Å². The van der Waals surface area contributed by atoms with Gasteiger partial charge in [-0.15, -0.1) is 0 Å². The Labute approximate surface area is 166 Å². The minimum atomic E-state index is -0.668. The summed E-state index contributed by atoms with van der Waals surface area (Å²) in [6.07, 6.45) is 1.56. The number of nitrogens with zero attached hydrogens (tertiary/aromatic N) is 2. The molecule has 8 nitrogen and oxygen atoms in total. The Morgan fingerprint density at radius 3 is 2.79 bits per heavy atom. The van der Waals surface area contributed by atoms with Crippen molar-refractivity contribution in [3.05, 3.63) is 64.7 Å². The molecule has 0 saturated heterocycles. The molecule has 0 spiro atoms. The summed E-state index contributed by atoms with van der Waals surface area (Å²) < 4.78 is 5.30. The maximum atomic E-state index is 11.9. The Balaban J connectivity index is 1.79. The zero-order valence-electron chi connectivity index (χ0n) is 14.7. The third-order valence-electron chi connectivity index (χ3n) is 3.66. The van der Waals surface area contributed by atoms with E-state index in [9.17, 15) is 4.79 Å². The second-order valence-corrected chi connectivity index (χ2v) is 6.13. The number of primary amides is 1. The normalized spacial score (nSPS) is 10.9. The number of aliphatic imine (C=N–C) groups is 1. The van der Waals surface area contributed by atoms with Gasteiger partial charge >= 0.3 is 0 Å². The number of ether oxygens (including phenoxy) is 1. The van der Waals surface area contributed by atoms with Gasteiger partial charge in [0.1, 0.15) is 23.7 Å². The molecule has 9 heteroatoms. The van der Waals surface area contributed by atoms with Gasteiger partial charge in [-0.2, -0.15) is 5.10 Å². The Morgan fingerprint density at radius 1 is 1.32 bits per heavy atom. The van der Waals surface area contributed by atoms with E-state index in [2.05, 4.69) is 20.5 Å². The Bertz CT molecular complexity index is 985. The standard InChI is InChI=1S/C19H18ClN5O3/c20-13-2-1-3-14(10-13)23-19-16(17(21)27)18(24-25-19)22-11-12-4-6-15(7-5-12)28-9-8-26/h1-7,10-11,26H,8-9H2,(H2,21,27)(H2,23,24,25). The number of H-pyrrole nitrogens is 1. The third kappa shape index (κ3) is 4.87. The van der Waals surface area contributed by atoms with E-state index >= 15 is 0 Å². The van der Waals surface area contributed by atoms with E-state index in [0.29, 0.717) is 22.3 Å². The van der Waals surface area contributed by atoms with Crippen LogP contribution in [0.5, 0.6) is 5.75 Å². The minimum absolute atomic E-state index is 0.0518. The number of benzene rings is 2. The number of aromatic nitrogens is 2. The van der Waals surface area contributed by atoms with Crippen LogP contribution in [-0.4, -0.2) is 40.6 Å². The molecule has 0 bridgehead atoms. The van der Waals surface area contributed by atoms with Crippen LogP contribution in [0.4, 0.5) is 17.3 Å². The minimum Gasteiger partial charge on any atom is -0.491 e. The van der Waals surface area contributed by atoms with Crippen molar-refractivity contribution >= 4 is 41.0 Å². The number of aromatic amines is 1. The first-order valence-electron chi connectivity index (χ1n) is 8.35. The van der Waals surface area contributed by atoms with Gasteiger partial charge in [-0.05, 0) is 48.0 Å². The second-order valence-electron chi connectivity index (χ2n) is 5.70. The largest absolute Gasteiger partial charge is 0.491 e. The molecule has 0 fully saturated rings. The number of carbonyl (C=O) groups is 1. The topological polar surface area (TPSA) is 126 Å². The van der Waals surface area contributed by atoms with Crippen molar-refractivity contribution in [3.8, 4) is 5.75 Å². The number of hydrogen-bond acceptors (Lipinski definition) is 6. The summed E-state index contributed by atoms with van der Waals surface area (Å²) >= 11 is 5.97. The molecule has 144 valence electrons. The van der Waals surface area contributed by atoms with Crippen LogP contribution in [0.15, 0.2) is 53.5 Å². The number of nitrogens with two attached hydrogens (primary N) is 1. The maximum absolute atomic E-state index is 11.9. The number of amides is 1. The molecule has 0 aliphatic rings. The zero-order chi connectivity index (χ0) is 19.9. The van der Waals surface area contributed by atoms with Crippen LogP contribution >= 0.6 is 11.6 Å². The number of aliphatic hydroxyl groups excluding tert-OH is 1. The molecule has 28 heavy (non-hydrogen) atoms. The number of halogens is 1. The smallest absolute Gasteiger partial charge is 0.256 e. The van der Waals surface area contributed by atoms with Gasteiger partial charge in [0.15, 0.2) is 5.82 Å². The summed E-state index contributed by atoms with van der Waals surface area (Å²) in [5, 5.41) is 19.1. The Morgan fingerprint density at radius 2 is 2.11 bits per heavy atom. The number of nitrogens with one attached hydrogen (secondary N) is 2. The van der Waals surface area contributed by atoms with Gasteiger partial charge in [-0.25, -0.2) is 4.99 Å². The van der Waals surface area contributed by atoms with E-state index in [4.69, 9.17) is 27.2 Å². The van der Waals surface area contributed by atoms with Crippen molar-refractivity contribution in [3.63, 3.8) is 0 Å². The molecule has 3 rings (SSSR count). The molecule has 0 unspecified atom stereocenters. The molecule has 0 atom stereocenters. The van der Waals surface area contributed by atoms with Crippen molar-refractivity contribution in [1.29, 1.82) is 0 Å². The van der Waals surface area contributed by atoms with Gasteiger partial charge < -0.3 is 20.9 Å². The number of carbonyl (C=O) groups excluding carboxylic acids is 1. The fourth-order valence-corrected chi connectivity index (χ4v) is 2.60. The number of hydrogen-bond donors (Lipinski definition) is 4. The van der Waals surface area contributed by atoms with E-state index in [1.54, 1.807) is 54.7 Å². The number of rotatable bonds is 8. The molecular weight excluding hydrogens is 382 g/mol. The molecule has 0 aliphatic carbocycles. The number of aliphatic hydroxyl groups is 1. The van der Waals surface area contributed by atoms with Crippen molar-refractivity contribution in [2.24, 2.45) is 10.7 Å². The van der Waals surface area contributed by atoms with Crippen LogP contribution in [0.2, 0.25) is 5.02 Å². The highest BCUT2D eigenvalue weighted by Crippen LogP contribution is 2.27. The van der Waals surface area contributed by atoms with Crippen LogP contribution in [0.3, 0.4) is 0 Å². The van der Waals surface area contributed by atoms with E-state index < -0.39 is 5.91 Å². The maximum Gasteiger partial charge on any atom is 0.256 e. The van der Waals surface area contributed by atoms with Gasteiger partial charge in [0.25, 0.3) is 5.91 Å². The molecule has 0 radical (unpaired) electrons. The average molecular weight is 400 g/mol. The second kappa shape index (κ2) is 9.03. The quantitative estimate of drug-likeness (QED) is 0.433. The van der Waals surface area contributed by atoms with E-state index in [0.717, 1.165) is 5.56 Å². The van der Waals surface area contributed by atoms with Crippen LogP contribution in [0.1, 0.15) is 15.9 Å². The van der Waals surface area contributed by atoms with Gasteiger partial charge in [-0.1, -0.05) is 17.7 Å². The lowest BCUT2D eigenvalue weighted by Gasteiger charge is -2.05. The summed E-state index contributed by atoms with van der Waals surface area (Å²) in [5.74, 6) is 0.460. The molecule has 0 saturated carbocycles. The molecule has 3 aromatic rings. The summed E-state index contributed by atoms with van der Waals surface area (Å²) in [7, 11) is 0. The molecule has 5 N–H and O–H groups in total. The van der Waals surface area contributed by atoms with Crippen LogP contribution in [0.25, 0.3) is 0 Å². The first-order chi connectivity index (χ1) is 13.6. The monoisotopic (exact) mass is 399 g/mol. The zero-order valence-corrected chi connectivity index (χ0v) is 15.5. The first-order valence-corrected chi connectivity index (χ1v) is 8.73. The van der Waals surface area contributed by atoms with Crippen LogP contribution in [0, 0.1) is 0 Å². The molecule has 0 aliphatic heterocycles. The fourth-order valence-electron chi connectivity index (χ4n) is 2.41. The van der Waals surface area contributed by atoms with Crippen molar-refractivity contribution in [2.75, 3.05) is 18.5 Å². The third-order valence-corrected chi connectivity index (χ3v) is 3.90. The van der Waals surface area contributed by atoms with Gasteiger partial charge in [0.05, 0.1) is 6.61 Å². The molecule has 1 aromatic heterocycles. The molecule has 2 aromatic carbocycles. The average Bonchev–Trinajstić information content (AvgIpc) is 3.08. The van der Waals surface area contributed by atoms with E-state index in [1.807, 2.05) is 0 Å². The molecule has 1 amide bonds. The lowest BCUT2D eigenvalue weighted by Crippen LogP contribution is -2.12. The van der Waals surface area contributed by atoms with Gasteiger partial charge in [0, 0.05) is 16.9 Å². The predicted octanol–water partition coefficient (Wildman–Crippen LogP) is 3.03. The molecule has 1 heterocycles. The summed E-state index contributed by atoms with van der Waals surface area (Å²) in [6.45, 7) is 0.175. The highest BCUT2D eigenvalue weighted by molar-refractivity contribution is 6.30. The predicted molar refractivity (Wildman–Crippen MR) is 108 cm³/mol. The molecular formula is C19H18ClN5O3. The van der Waals surface area contributed by atoms with Crippen LogP contribution in [-0.2, 0) is 0 Å². The van der Waals surface area contributed by atoms with E-state index in [-0.39, 0.29) is 24.6 Å². The summed E-state index contributed by atoms with van der Waals surface area (Å²) in [6, 6.07) is 14.1. The van der Waals surface area contributed by atoms with E-state index in [1.165, 1.54) is 0 Å². The SMILES string of the molecule is NC(=O)c1c(N=Cc2ccc(OCCO)cc2)n[nH]c1Nc1cccc(Cl)c1. The Hall–Kier alpha value is -3.36. The highest BCUT2D eigenvalue weighted by Gasteiger charge is 2.18. The first kappa shape index (κ1) is 19.4. The van der Waals surface area contributed by atoms with Gasteiger partial charge in [0.2, 0.25) is 0 Å². The summed E-state index contributed by atoms with van der Waals surface area (Å²) in [5.41, 5.74) is 7.09.